The fourth-order valence-corrected chi connectivity index (χ4v) is 3.07. The topological polar surface area (TPSA) is 123 Å². The van der Waals surface area contributed by atoms with Crippen molar-refractivity contribution < 1.29 is 27.9 Å². The number of ether oxygens (including phenoxy) is 1. The first-order valence-electron chi connectivity index (χ1n) is 5.06. The normalized spacial score (nSPS) is 11.0. The lowest BCUT2D eigenvalue weighted by Gasteiger charge is -2.03. The molecule has 0 aliphatic rings. The Balaban J connectivity index is 2.60. The van der Waals surface area contributed by atoms with Crippen LogP contribution in [0.5, 0.6) is 0 Å². The van der Waals surface area contributed by atoms with Gasteiger partial charge in [-0.05, 0) is 0 Å². The van der Waals surface area contributed by atoms with Crippen molar-refractivity contribution in [1.82, 2.24) is 4.98 Å². The molecule has 0 unspecified atom stereocenters. The van der Waals surface area contributed by atoms with Crippen LogP contribution >= 0.6 is 11.3 Å². The number of esters is 1. The standard InChI is InChI=1S/C9H12N2O6S2/c1-17-8(14)2-3-19(15,16)11-9-10-6(5-18-9)4-7(12)13/h5H,2-4H2,1H3,(H,10,11)(H,12,13). The zero-order valence-corrected chi connectivity index (χ0v) is 11.6. The number of hydrogen-bond acceptors (Lipinski definition) is 7. The molecule has 2 N–H and O–H groups in total. The molecule has 0 atom stereocenters. The van der Waals surface area contributed by atoms with Crippen molar-refractivity contribution in [3.8, 4) is 0 Å². The van der Waals surface area contributed by atoms with E-state index in [-0.39, 0.29) is 23.7 Å². The maximum Gasteiger partial charge on any atom is 0.309 e. The lowest BCUT2D eigenvalue weighted by molar-refractivity contribution is -0.140. The fraction of sp³-hybridized carbons (Fsp3) is 0.444. The highest BCUT2D eigenvalue weighted by molar-refractivity contribution is 7.92. The van der Waals surface area contributed by atoms with E-state index in [2.05, 4.69) is 14.4 Å². The lowest BCUT2D eigenvalue weighted by Crippen LogP contribution is -2.19. The van der Waals surface area contributed by atoms with Gasteiger partial charge in [0.15, 0.2) is 5.13 Å². The number of aliphatic carboxylic acids is 1. The van der Waals surface area contributed by atoms with Gasteiger partial charge in [0.25, 0.3) is 0 Å². The number of hydrogen-bond donors (Lipinski definition) is 2. The van der Waals surface area contributed by atoms with Crippen molar-refractivity contribution in [3.05, 3.63) is 11.1 Å². The molecular formula is C9H12N2O6S2. The number of nitrogens with one attached hydrogen (secondary N) is 1. The molecule has 0 aromatic carbocycles. The molecule has 0 bridgehead atoms. The summed E-state index contributed by atoms with van der Waals surface area (Å²) in [5, 5.41) is 10.1. The Morgan fingerprint density at radius 2 is 2.21 bits per heavy atom. The number of carboxylic acid groups (broad SMARTS) is 1. The molecule has 10 heteroatoms. The summed E-state index contributed by atoms with van der Waals surface area (Å²) < 4.78 is 29.7. The number of nitrogens with zero attached hydrogens (tertiary/aromatic N) is 1. The van der Waals surface area contributed by atoms with E-state index in [1.54, 1.807) is 0 Å². The molecular weight excluding hydrogens is 296 g/mol. The molecule has 0 spiro atoms. The van der Waals surface area contributed by atoms with Gasteiger partial charge in [-0.2, -0.15) is 0 Å². The molecule has 1 aromatic rings. The molecule has 0 fully saturated rings. The summed E-state index contributed by atoms with van der Waals surface area (Å²) in [4.78, 5) is 25.1. The monoisotopic (exact) mass is 308 g/mol. The van der Waals surface area contributed by atoms with Gasteiger partial charge in [-0.3, -0.25) is 14.3 Å². The van der Waals surface area contributed by atoms with Gasteiger partial charge < -0.3 is 9.84 Å². The first-order chi connectivity index (χ1) is 8.82. The number of carboxylic acids is 1. The fourth-order valence-electron chi connectivity index (χ4n) is 1.09. The highest BCUT2D eigenvalue weighted by Gasteiger charge is 2.16. The van der Waals surface area contributed by atoms with Crippen molar-refractivity contribution in [2.75, 3.05) is 17.6 Å². The van der Waals surface area contributed by atoms with E-state index in [0.717, 1.165) is 11.3 Å². The zero-order valence-electron chi connectivity index (χ0n) is 9.95. The maximum atomic E-state index is 11.6. The van der Waals surface area contributed by atoms with Gasteiger partial charge in [0, 0.05) is 5.38 Å². The van der Waals surface area contributed by atoms with Gasteiger partial charge in [0.2, 0.25) is 10.0 Å². The minimum Gasteiger partial charge on any atom is -0.481 e. The highest BCUT2D eigenvalue weighted by atomic mass is 32.2. The molecule has 19 heavy (non-hydrogen) atoms. The molecule has 0 aliphatic heterocycles. The molecule has 0 saturated carbocycles. The van der Waals surface area contributed by atoms with E-state index < -0.39 is 27.7 Å². The Labute approximate surface area is 113 Å². The second kappa shape index (κ2) is 6.48. The SMILES string of the molecule is COC(=O)CCS(=O)(=O)Nc1nc(CC(=O)O)cs1. The predicted molar refractivity (Wildman–Crippen MR) is 67.5 cm³/mol. The van der Waals surface area contributed by atoms with Crippen molar-refractivity contribution in [1.29, 1.82) is 0 Å². The highest BCUT2D eigenvalue weighted by Crippen LogP contribution is 2.17. The number of carbonyl (C=O) groups is 2. The summed E-state index contributed by atoms with van der Waals surface area (Å²) in [6.45, 7) is 0. The van der Waals surface area contributed by atoms with Gasteiger partial charge in [0.1, 0.15) is 0 Å². The largest absolute Gasteiger partial charge is 0.481 e. The van der Waals surface area contributed by atoms with E-state index in [4.69, 9.17) is 5.11 Å². The van der Waals surface area contributed by atoms with Crippen LogP contribution in [-0.4, -0.2) is 43.3 Å². The van der Waals surface area contributed by atoms with E-state index in [9.17, 15) is 18.0 Å². The number of anilines is 1. The Kier molecular flexibility index (Phi) is 5.24. The zero-order chi connectivity index (χ0) is 14.5. The number of thiazole rings is 1. The van der Waals surface area contributed by atoms with Crippen LogP contribution in [0, 0.1) is 0 Å². The molecule has 1 rings (SSSR count). The Bertz CT molecular complexity index is 565. The Morgan fingerprint density at radius 1 is 1.53 bits per heavy atom. The van der Waals surface area contributed by atoms with Gasteiger partial charge in [-0.25, -0.2) is 13.4 Å². The number of aromatic nitrogens is 1. The summed E-state index contributed by atoms with van der Waals surface area (Å²) in [7, 11) is -2.54. The van der Waals surface area contributed by atoms with Crippen LogP contribution in [0.25, 0.3) is 0 Å². The van der Waals surface area contributed by atoms with Crippen molar-refractivity contribution >= 4 is 38.4 Å². The van der Waals surface area contributed by atoms with E-state index in [0.29, 0.717) is 0 Å². The minimum atomic E-state index is -3.71. The van der Waals surface area contributed by atoms with Gasteiger partial charge in [0.05, 0.1) is 31.4 Å². The smallest absolute Gasteiger partial charge is 0.309 e. The summed E-state index contributed by atoms with van der Waals surface area (Å²) in [6.07, 6.45) is -0.542. The summed E-state index contributed by atoms with van der Waals surface area (Å²) in [5.41, 5.74) is 0.267. The molecule has 1 aromatic heterocycles. The summed E-state index contributed by atoms with van der Waals surface area (Å²) in [5.74, 6) is -2.10. The molecule has 0 amide bonds. The maximum absolute atomic E-state index is 11.6. The average molecular weight is 308 g/mol. The van der Waals surface area contributed by atoms with Crippen LogP contribution in [0.4, 0.5) is 5.13 Å². The van der Waals surface area contributed by atoms with Crippen LogP contribution in [0.2, 0.25) is 0 Å². The van der Waals surface area contributed by atoms with Crippen LogP contribution in [-0.2, 0) is 30.8 Å². The predicted octanol–water partition coefficient (Wildman–Crippen LogP) is 0.0750. The van der Waals surface area contributed by atoms with Gasteiger partial charge in [-0.1, -0.05) is 0 Å². The molecule has 0 saturated heterocycles. The first-order valence-corrected chi connectivity index (χ1v) is 7.59. The number of rotatable bonds is 7. The molecule has 106 valence electrons. The van der Waals surface area contributed by atoms with E-state index in [1.807, 2.05) is 0 Å². The average Bonchev–Trinajstić information content (AvgIpc) is 2.71. The lowest BCUT2D eigenvalue weighted by atomic mass is 10.3. The van der Waals surface area contributed by atoms with Crippen molar-refractivity contribution in [3.63, 3.8) is 0 Å². The third-order valence-electron chi connectivity index (χ3n) is 1.93. The molecule has 1 heterocycles. The van der Waals surface area contributed by atoms with E-state index >= 15 is 0 Å². The van der Waals surface area contributed by atoms with Gasteiger partial charge in [-0.15, -0.1) is 11.3 Å². The quantitative estimate of drug-likeness (QED) is 0.683. The summed E-state index contributed by atoms with van der Waals surface area (Å²) in [6, 6.07) is 0. The van der Waals surface area contributed by atoms with Crippen LogP contribution < -0.4 is 4.72 Å². The van der Waals surface area contributed by atoms with Crippen LogP contribution in [0.1, 0.15) is 12.1 Å². The first kappa shape index (κ1) is 15.4. The molecule has 8 nitrogen and oxygen atoms in total. The third kappa shape index (κ3) is 5.66. The minimum absolute atomic E-state index is 0.0705. The van der Waals surface area contributed by atoms with Crippen LogP contribution in [0.15, 0.2) is 5.38 Å². The van der Waals surface area contributed by atoms with Crippen molar-refractivity contribution in [2.24, 2.45) is 0 Å². The van der Waals surface area contributed by atoms with Crippen LogP contribution in [0.3, 0.4) is 0 Å². The molecule has 0 radical (unpaired) electrons. The van der Waals surface area contributed by atoms with E-state index in [1.165, 1.54) is 12.5 Å². The number of sulfonamides is 1. The second-order valence-corrected chi connectivity index (χ2v) is 6.16. The summed E-state index contributed by atoms with van der Waals surface area (Å²) >= 11 is 0.978. The second-order valence-electron chi connectivity index (χ2n) is 3.46. The number of carbonyl (C=O) groups excluding carboxylic acids is 1. The number of methoxy groups -OCH3 is 1. The van der Waals surface area contributed by atoms with Crippen molar-refractivity contribution in [2.45, 2.75) is 12.8 Å². The Morgan fingerprint density at radius 3 is 2.79 bits per heavy atom. The molecule has 0 aliphatic carbocycles. The Hall–Kier alpha value is -1.68. The third-order valence-corrected chi connectivity index (χ3v) is 4.11. The van der Waals surface area contributed by atoms with Gasteiger partial charge >= 0.3 is 11.9 Å².